The molecule has 0 aromatic rings. The molecule has 2 nitrogen and oxygen atoms in total. The van der Waals surface area contributed by atoms with E-state index in [4.69, 9.17) is 0 Å². The monoisotopic (exact) mass is 181 g/mol. The molecule has 1 saturated heterocycles. The number of halogens is 3. The molecule has 1 aliphatic carbocycles. The van der Waals surface area contributed by atoms with Crippen LogP contribution >= 0.6 is 0 Å². The highest BCUT2D eigenvalue weighted by atomic mass is 19.4. The van der Waals surface area contributed by atoms with Crippen molar-refractivity contribution in [1.29, 1.82) is 0 Å². The molecular formula is C7H10F3NO. The zero-order valence-electron chi connectivity index (χ0n) is 6.36. The van der Waals surface area contributed by atoms with Crippen LogP contribution in [-0.4, -0.2) is 29.5 Å². The SMILES string of the molecule is O[C@@]1(C(F)(F)F)C[C@@H]2CN[C@@H]1C2. The Morgan fingerprint density at radius 1 is 1.42 bits per heavy atom. The van der Waals surface area contributed by atoms with E-state index in [1.807, 2.05) is 0 Å². The van der Waals surface area contributed by atoms with E-state index in [1.54, 1.807) is 0 Å². The minimum atomic E-state index is -4.49. The maximum absolute atomic E-state index is 12.3. The molecule has 3 atom stereocenters. The summed E-state index contributed by atoms with van der Waals surface area (Å²) in [6.07, 6.45) is -4.16. The third kappa shape index (κ3) is 0.894. The molecule has 1 heterocycles. The van der Waals surface area contributed by atoms with Crippen LogP contribution in [0.4, 0.5) is 13.2 Å². The number of nitrogens with one attached hydrogen (secondary N) is 1. The second kappa shape index (κ2) is 2.14. The second-order valence-corrected chi connectivity index (χ2v) is 3.69. The number of alkyl halides is 3. The molecule has 2 fully saturated rings. The Bertz CT molecular complexity index is 205. The standard InChI is InChI=1S/C7H10F3NO/c8-7(9,10)6(12)2-4-1-5(6)11-3-4/h4-5,11-12H,1-3H2/t4-,5-,6+/m1/s1. The summed E-state index contributed by atoms with van der Waals surface area (Å²) in [6.45, 7) is 0.614. The van der Waals surface area contributed by atoms with Gasteiger partial charge in [-0.05, 0) is 25.3 Å². The molecule has 5 heteroatoms. The molecule has 1 aliphatic heterocycles. The molecule has 1 saturated carbocycles. The lowest BCUT2D eigenvalue weighted by atomic mass is 9.93. The van der Waals surface area contributed by atoms with Crippen molar-refractivity contribution in [2.24, 2.45) is 5.92 Å². The summed E-state index contributed by atoms with van der Waals surface area (Å²) in [5, 5.41) is 12.0. The Labute approximate surface area is 67.8 Å². The van der Waals surface area contributed by atoms with Crippen molar-refractivity contribution in [3.63, 3.8) is 0 Å². The van der Waals surface area contributed by atoms with E-state index in [9.17, 15) is 18.3 Å². The summed E-state index contributed by atoms with van der Waals surface area (Å²) in [5.74, 6) is 0.00150. The number of aliphatic hydroxyl groups is 1. The molecular weight excluding hydrogens is 171 g/mol. The Morgan fingerprint density at radius 3 is 2.33 bits per heavy atom. The molecule has 0 aromatic carbocycles. The van der Waals surface area contributed by atoms with Crippen molar-refractivity contribution in [3.05, 3.63) is 0 Å². The van der Waals surface area contributed by atoms with Gasteiger partial charge < -0.3 is 10.4 Å². The molecule has 0 spiro atoms. The zero-order valence-corrected chi connectivity index (χ0v) is 6.36. The van der Waals surface area contributed by atoms with Gasteiger partial charge in [-0.2, -0.15) is 13.2 Å². The van der Waals surface area contributed by atoms with Gasteiger partial charge in [0, 0.05) is 6.04 Å². The highest BCUT2D eigenvalue weighted by molar-refractivity contribution is 5.09. The van der Waals surface area contributed by atoms with Gasteiger partial charge in [0.2, 0.25) is 0 Å². The third-order valence-electron chi connectivity index (χ3n) is 2.89. The summed E-state index contributed by atoms with van der Waals surface area (Å²) < 4.78 is 36.9. The fraction of sp³-hybridized carbons (Fsp3) is 1.00. The minimum Gasteiger partial charge on any atom is -0.379 e. The predicted octanol–water partition coefficient (Wildman–Crippen LogP) is 0.662. The van der Waals surface area contributed by atoms with E-state index in [1.165, 1.54) is 0 Å². The van der Waals surface area contributed by atoms with Crippen LogP contribution in [0.25, 0.3) is 0 Å². The van der Waals surface area contributed by atoms with Gasteiger partial charge in [-0.3, -0.25) is 0 Å². The lowest BCUT2D eigenvalue weighted by molar-refractivity contribution is -0.268. The molecule has 2 bridgehead atoms. The first-order valence-corrected chi connectivity index (χ1v) is 3.96. The first-order valence-electron chi connectivity index (χ1n) is 3.96. The van der Waals surface area contributed by atoms with Gasteiger partial charge in [0.1, 0.15) is 0 Å². The van der Waals surface area contributed by atoms with Crippen LogP contribution in [0.5, 0.6) is 0 Å². The van der Waals surface area contributed by atoms with Crippen molar-refractivity contribution in [2.45, 2.75) is 30.7 Å². The van der Waals surface area contributed by atoms with Gasteiger partial charge in [-0.25, -0.2) is 0 Å². The van der Waals surface area contributed by atoms with E-state index in [0.29, 0.717) is 13.0 Å². The lowest BCUT2D eigenvalue weighted by Crippen LogP contribution is -2.57. The zero-order chi connectivity index (χ0) is 8.98. The normalized spacial score (nSPS) is 47.0. The van der Waals surface area contributed by atoms with Gasteiger partial charge in [-0.1, -0.05) is 0 Å². The first kappa shape index (κ1) is 8.31. The Hall–Kier alpha value is -0.290. The summed E-state index contributed by atoms with van der Waals surface area (Å²) >= 11 is 0. The largest absolute Gasteiger partial charge is 0.418 e. The quantitative estimate of drug-likeness (QED) is 0.575. The van der Waals surface area contributed by atoms with Crippen molar-refractivity contribution < 1.29 is 18.3 Å². The summed E-state index contributed by atoms with van der Waals surface area (Å²) in [4.78, 5) is 0. The van der Waals surface area contributed by atoms with E-state index < -0.39 is 17.8 Å². The number of fused-ring (bicyclic) bond motifs is 2. The van der Waals surface area contributed by atoms with Gasteiger partial charge in [0.05, 0.1) is 0 Å². The molecule has 2 N–H and O–H groups in total. The molecule has 70 valence electrons. The topological polar surface area (TPSA) is 32.3 Å². The van der Waals surface area contributed by atoms with Gasteiger partial charge in [0.15, 0.2) is 5.60 Å². The maximum Gasteiger partial charge on any atom is 0.418 e. The van der Waals surface area contributed by atoms with Crippen LogP contribution in [0.3, 0.4) is 0 Å². The van der Waals surface area contributed by atoms with Gasteiger partial charge >= 0.3 is 6.18 Å². The summed E-state index contributed by atoms with van der Waals surface area (Å²) in [6, 6.07) is -0.775. The van der Waals surface area contributed by atoms with Crippen molar-refractivity contribution in [2.75, 3.05) is 6.54 Å². The van der Waals surface area contributed by atoms with Crippen molar-refractivity contribution >= 4 is 0 Å². The smallest absolute Gasteiger partial charge is 0.379 e. The van der Waals surface area contributed by atoms with Crippen LogP contribution in [0.15, 0.2) is 0 Å². The maximum atomic E-state index is 12.3. The molecule has 0 unspecified atom stereocenters. The predicted molar refractivity (Wildman–Crippen MR) is 35.5 cm³/mol. The van der Waals surface area contributed by atoms with Crippen LogP contribution in [0.2, 0.25) is 0 Å². The fourth-order valence-corrected chi connectivity index (χ4v) is 2.22. The highest BCUT2D eigenvalue weighted by Crippen LogP contribution is 2.48. The molecule has 0 radical (unpaired) electrons. The van der Waals surface area contributed by atoms with Crippen LogP contribution in [0, 0.1) is 5.92 Å². The molecule has 0 amide bonds. The molecule has 0 aromatic heterocycles. The molecule has 2 aliphatic rings. The average molecular weight is 181 g/mol. The number of piperidine rings is 1. The van der Waals surface area contributed by atoms with Crippen molar-refractivity contribution in [3.8, 4) is 0 Å². The van der Waals surface area contributed by atoms with Crippen LogP contribution in [-0.2, 0) is 0 Å². The van der Waals surface area contributed by atoms with E-state index in [2.05, 4.69) is 5.32 Å². The summed E-state index contributed by atoms with van der Waals surface area (Å²) in [5.41, 5.74) is -2.46. The molecule has 12 heavy (non-hydrogen) atoms. The highest BCUT2D eigenvalue weighted by Gasteiger charge is 2.64. The number of hydrogen-bond donors (Lipinski definition) is 2. The Balaban J connectivity index is 2.23. The Kier molecular flexibility index (Phi) is 1.48. The first-order chi connectivity index (χ1) is 5.43. The van der Waals surface area contributed by atoms with E-state index >= 15 is 0 Å². The number of hydrogen-bond acceptors (Lipinski definition) is 2. The lowest BCUT2D eigenvalue weighted by Gasteiger charge is -2.34. The summed E-state index contributed by atoms with van der Waals surface area (Å²) in [7, 11) is 0. The van der Waals surface area contributed by atoms with Gasteiger partial charge in [0.25, 0.3) is 0 Å². The average Bonchev–Trinajstić information content (AvgIpc) is 2.43. The third-order valence-corrected chi connectivity index (χ3v) is 2.89. The van der Waals surface area contributed by atoms with E-state index in [-0.39, 0.29) is 12.3 Å². The van der Waals surface area contributed by atoms with Crippen LogP contribution in [0.1, 0.15) is 12.8 Å². The van der Waals surface area contributed by atoms with Crippen LogP contribution < -0.4 is 5.32 Å². The van der Waals surface area contributed by atoms with Crippen molar-refractivity contribution in [1.82, 2.24) is 5.32 Å². The van der Waals surface area contributed by atoms with E-state index in [0.717, 1.165) is 0 Å². The minimum absolute atomic E-state index is 0.00150. The molecule has 2 rings (SSSR count). The Morgan fingerprint density at radius 2 is 2.08 bits per heavy atom. The second-order valence-electron chi connectivity index (χ2n) is 3.69. The van der Waals surface area contributed by atoms with Gasteiger partial charge in [-0.15, -0.1) is 0 Å². The fourth-order valence-electron chi connectivity index (χ4n) is 2.22. The number of rotatable bonds is 0.